The number of hydrogen-bond donors (Lipinski definition) is 0. The molecule has 0 N–H and O–H groups in total. The minimum absolute atomic E-state index is 0.356. The maximum absolute atomic E-state index is 8.43. The summed E-state index contributed by atoms with van der Waals surface area (Å²) in [7, 11) is 0. The number of hydrogen-bond acceptors (Lipinski definition) is 1. The Hall–Kier alpha value is -1.00. The second-order valence-electron chi connectivity index (χ2n) is 2.62. The molecule has 1 aromatic carbocycles. The van der Waals surface area contributed by atoms with Crippen LogP contribution in [-0.2, 0) is 6.42 Å². The molecule has 0 aromatic heterocycles. The molecule has 0 fully saturated rings. The van der Waals surface area contributed by atoms with Gasteiger partial charge < -0.3 is 0 Å². The molecule has 2 heteroatoms. The highest BCUT2D eigenvalue weighted by atomic mass is 35.5. The van der Waals surface area contributed by atoms with Gasteiger partial charge in [-0.3, -0.25) is 0 Å². The van der Waals surface area contributed by atoms with Crippen LogP contribution in [0.15, 0.2) is 30.3 Å². The Morgan fingerprint density at radius 3 is 2.58 bits per heavy atom. The van der Waals surface area contributed by atoms with Crippen molar-refractivity contribution in [3.63, 3.8) is 0 Å². The Morgan fingerprint density at radius 2 is 2.00 bits per heavy atom. The van der Waals surface area contributed by atoms with Crippen molar-refractivity contribution in [1.82, 2.24) is 0 Å². The average molecular weight is 180 g/mol. The second kappa shape index (κ2) is 4.79. The van der Waals surface area contributed by atoms with E-state index in [4.69, 9.17) is 16.9 Å². The van der Waals surface area contributed by atoms with Crippen molar-refractivity contribution >= 4 is 11.6 Å². The molecule has 0 aliphatic heterocycles. The normalized spacial score (nSPS) is 12.0. The Bertz CT molecular complexity index is 263. The van der Waals surface area contributed by atoms with E-state index in [1.54, 1.807) is 0 Å². The molecule has 0 spiro atoms. The van der Waals surface area contributed by atoms with Crippen LogP contribution in [0.3, 0.4) is 0 Å². The van der Waals surface area contributed by atoms with E-state index in [-0.39, 0.29) is 5.38 Å². The lowest BCUT2D eigenvalue weighted by molar-refractivity contribution is 0.857. The van der Waals surface area contributed by atoms with Gasteiger partial charge in [0, 0.05) is 0 Å². The van der Waals surface area contributed by atoms with Crippen molar-refractivity contribution in [1.29, 1.82) is 5.26 Å². The molecule has 1 rings (SSSR count). The topological polar surface area (TPSA) is 23.8 Å². The van der Waals surface area contributed by atoms with Gasteiger partial charge in [0.15, 0.2) is 0 Å². The molecule has 1 aromatic rings. The molecule has 0 bridgehead atoms. The van der Waals surface area contributed by atoms with E-state index < -0.39 is 0 Å². The quantitative estimate of drug-likeness (QED) is 0.655. The maximum atomic E-state index is 8.43. The van der Waals surface area contributed by atoms with Gasteiger partial charge in [0.2, 0.25) is 0 Å². The Labute approximate surface area is 77.6 Å². The van der Waals surface area contributed by atoms with E-state index in [0.29, 0.717) is 0 Å². The SMILES string of the molecule is N#CC(Cl)CCc1ccccc1. The van der Waals surface area contributed by atoms with Crippen molar-refractivity contribution in [3.8, 4) is 6.07 Å². The summed E-state index contributed by atoms with van der Waals surface area (Å²) in [4.78, 5) is 0. The standard InChI is InChI=1S/C10H10ClN/c11-10(8-12)7-6-9-4-2-1-3-5-9/h1-5,10H,6-7H2. The monoisotopic (exact) mass is 179 g/mol. The molecule has 62 valence electrons. The van der Waals surface area contributed by atoms with Crippen LogP contribution in [0.4, 0.5) is 0 Å². The van der Waals surface area contributed by atoms with Gasteiger partial charge in [-0.05, 0) is 18.4 Å². The third-order valence-corrected chi connectivity index (χ3v) is 1.99. The lowest BCUT2D eigenvalue weighted by Crippen LogP contribution is -1.96. The molecule has 0 radical (unpaired) electrons. The van der Waals surface area contributed by atoms with E-state index in [9.17, 15) is 0 Å². The highest BCUT2D eigenvalue weighted by molar-refractivity contribution is 6.22. The molecule has 0 amide bonds. The van der Waals surface area contributed by atoms with Crippen molar-refractivity contribution < 1.29 is 0 Å². The fraction of sp³-hybridized carbons (Fsp3) is 0.300. The van der Waals surface area contributed by atoms with Crippen LogP contribution >= 0.6 is 11.6 Å². The Kier molecular flexibility index (Phi) is 3.63. The Morgan fingerprint density at radius 1 is 1.33 bits per heavy atom. The van der Waals surface area contributed by atoms with Crippen LogP contribution < -0.4 is 0 Å². The molecule has 0 aliphatic rings. The van der Waals surface area contributed by atoms with Crippen molar-refractivity contribution in [2.45, 2.75) is 18.2 Å². The lowest BCUT2D eigenvalue weighted by atomic mass is 10.1. The molecule has 0 saturated carbocycles. The summed E-state index contributed by atoms with van der Waals surface area (Å²) in [6.07, 6.45) is 1.60. The van der Waals surface area contributed by atoms with Crippen molar-refractivity contribution in [2.75, 3.05) is 0 Å². The summed E-state index contributed by atoms with van der Waals surface area (Å²) < 4.78 is 0. The largest absolute Gasteiger partial charge is 0.197 e. The molecule has 0 aliphatic carbocycles. The van der Waals surface area contributed by atoms with Crippen LogP contribution in [0, 0.1) is 11.3 Å². The molecular formula is C10H10ClN. The van der Waals surface area contributed by atoms with Gasteiger partial charge in [-0.1, -0.05) is 30.3 Å². The van der Waals surface area contributed by atoms with E-state index in [2.05, 4.69) is 0 Å². The zero-order valence-corrected chi connectivity index (χ0v) is 7.46. The minimum atomic E-state index is -0.356. The number of benzene rings is 1. The third-order valence-electron chi connectivity index (χ3n) is 1.67. The summed E-state index contributed by atoms with van der Waals surface area (Å²) in [5.74, 6) is 0. The fourth-order valence-electron chi connectivity index (χ4n) is 1.00. The zero-order chi connectivity index (χ0) is 8.81. The molecule has 1 nitrogen and oxygen atoms in total. The average Bonchev–Trinajstić information content (AvgIpc) is 2.16. The highest BCUT2D eigenvalue weighted by Crippen LogP contribution is 2.07. The van der Waals surface area contributed by atoms with E-state index >= 15 is 0 Å². The number of rotatable bonds is 3. The fourth-order valence-corrected chi connectivity index (χ4v) is 1.11. The van der Waals surface area contributed by atoms with E-state index in [1.165, 1.54) is 5.56 Å². The van der Waals surface area contributed by atoms with Gasteiger partial charge >= 0.3 is 0 Å². The molecule has 0 heterocycles. The van der Waals surface area contributed by atoms with Gasteiger partial charge in [0.25, 0.3) is 0 Å². The van der Waals surface area contributed by atoms with Gasteiger partial charge in [0.1, 0.15) is 5.38 Å². The van der Waals surface area contributed by atoms with Gasteiger partial charge in [-0.25, -0.2) is 0 Å². The number of nitriles is 1. The van der Waals surface area contributed by atoms with Gasteiger partial charge in [-0.15, -0.1) is 11.6 Å². The first-order valence-electron chi connectivity index (χ1n) is 3.90. The number of aryl methyl sites for hydroxylation is 1. The highest BCUT2D eigenvalue weighted by Gasteiger charge is 2.01. The van der Waals surface area contributed by atoms with Gasteiger partial charge in [-0.2, -0.15) is 5.26 Å². The molecule has 1 unspecified atom stereocenters. The summed E-state index contributed by atoms with van der Waals surface area (Å²) in [5.41, 5.74) is 1.23. The van der Waals surface area contributed by atoms with E-state index in [1.807, 2.05) is 36.4 Å². The van der Waals surface area contributed by atoms with Gasteiger partial charge in [0.05, 0.1) is 6.07 Å². The summed E-state index contributed by atoms with van der Waals surface area (Å²) in [6, 6.07) is 12.0. The molecular weight excluding hydrogens is 170 g/mol. The molecule has 12 heavy (non-hydrogen) atoms. The van der Waals surface area contributed by atoms with Crippen LogP contribution in [0.1, 0.15) is 12.0 Å². The summed E-state index contributed by atoms with van der Waals surface area (Å²) >= 11 is 5.65. The van der Waals surface area contributed by atoms with Crippen molar-refractivity contribution in [2.24, 2.45) is 0 Å². The predicted octanol–water partition coefficient (Wildman–Crippen LogP) is 2.75. The maximum Gasteiger partial charge on any atom is 0.120 e. The first-order valence-corrected chi connectivity index (χ1v) is 4.34. The number of nitrogens with zero attached hydrogens (tertiary/aromatic N) is 1. The number of halogens is 1. The summed E-state index contributed by atoms with van der Waals surface area (Å²) in [6.45, 7) is 0. The smallest absolute Gasteiger partial charge is 0.120 e. The molecule has 0 saturated heterocycles. The van der Waals surface area contributed by atoms with Crippen LogP contribution in [0.25, 0.3) is 0 Å². The first kappa shape index (κ1) is 9.09. The van der Waals surface area contributed by atoms with Crippen molar-refractivity contribution in [3.05, 3.63) is 35.9 Å². The van der Waals surface area contributed by atoms with Crippen LogP contribution in [0.5, 0.6) is 0 Å². The first-order chi connectivity index (χ1) is 5.83. The summed E-state index contributed by atoms with van der Waals surface area (Å²) in [5, 5.41) is 8.07. The van der Waals surface area contributed by atoms with E-state index in [0.717, 1.165) is 12.8 Å². The van der Waals surface area contributed by atoms with Crippen LogP contribution in [0.2, 0.25) is 0 Å². The predicted molar refractivity (Wildman–Crippen MR) is 50.0 cm³/mol. The second-order valence-corrected chi connectivity index (χ2v) is 3.15. The Balaban J connectivity index is 2.40. The molecule has 1 atom stereocenters. The van der Waals surface area contributed by atoms with Crippen LogP contribution in [-0.4, -0.2) is 5.38 Å². The number of alkyl halides is 1. The minimum Gasteiger partial charge on any atom is -0.197 e. The zero-order valence-electron chi connectivity index (χ0n) is 6.70. The lowest BCUT2D eigenvalue weighted by Gasteiger charge is -2.00. The third kappa shape index (κ3) is 2.94.